The molecule has 1 aliphatic heterocycles. The van der Waals surface area contributed by atoms with E-state index in [1.54, 1.807) is 6.20 Å². The molecule has 0 saturated heterocycles. The highest BCUT2D eigenvalue weighted by atomic mass is 16.7. The van der Waals surface area contributed by atoms with Crippen LogP contribution in [0.4, 0.5) is 17.5 Å². The fourth-order valence-electron chi connectivity index (χ4n) is 2.64. The second-order valence-electron chi connectivity index (χ2n) is 5.80. The zero-order chi connectivity index (χ0) is 17.1. The van der Waals surface area contributed by atoms with Crippen LogP contribution in [0.3, 0.4) is 0 Å². The van der Waals surface area contributed by atoms with E-state index in [0.29, 0.717) is 12.5 Å². The lowest BCUT2D eigenvalue weighted by atomic mass is 10.1. The molecule has 0 unspecified atom stereocenters. The van der Waals surface area contributed by atoms with E-state index in [1.165, 1.54) is 11.1 Å². The summed E-state index contributed by atoms with van der Waals surface area (Å²) in [4.78, 5) is 8.76. The predicted octanol–water partition coefficient (Wildman–Crippen LogP) is 3.87. The minimum Gasteiger partial charge on any atom is -0.454 e. The van der Waals surface area contributed by atoms with Crippen molar-refractivity contribution < 1.29 is 9.47 Å². The Hall–Kier alpha value is -3.28. The minimum absolute atomic E-state index is 0.258. The minimum atomic E-state index is 0.258. The van der Waals surface area contributed by atoms with E-state index in [2.05, 4.69) is 51.8 Å². The summed E-state index contributed by atoms with van der Waals surface area (Å²) in [6.07, 6.45) is 1.72. The SMILES string of the molecule is Cc1cccc(CNc2ccnc(Nc3ccc4c(c3)OCO4)n2)c1. The van der Waals surface area contributed by atoms with Crippen LogP contribution in [0.15, 0.2) is 54.7 Å². The van der Waals surface area contributed by atoms with Crippen LogP contribution in [0.1, 0.15) is 11.1 Å². The lowest BCUT2D eigenvalue weighted by molar-refractivity contribution is 0.174. The van der Waals surface area contributed by atoms with E-state index >= 15 is 0 Å². The van der Waals surface area contributed by atoms with Crippen molar-refractivity contribution >= 4 is 17.5 Å². The number of benzene rings is 2. The summed E-state index contributed by atoms with van der Waals surface area (Å²) in [6, 6.07) is 15.9. The molecule has 0 amide bonds. The normalized spacial score (nSPS) is 12.0. The first-order valence-electron chi connectivity index (χ1n) is 8.05. The maximum atomic E-state index is 5.38. The largest absolute Gasteiger partial charge is 0.454 e. The molecule has 0 aliphatic carbocycles. The average molecular weight is 334 g/mol. The van der Waals surface area contributed by atoms with E-state index in [1.807, 2.05) is 24.3 Å². The molecule has 0 atom stereocenters. The highest BCUT2D eigenvalue weighted by molar-refractivity contribution is 5.61. The van der Waals surface area contributed by atoms with Gasteiger partial charge in [0, 0.05) is 24.5 Å². The zero-order valence-corrected chi connectivity index (χ0v) is 13.8. The van der Waals surface area contributed by atoms with Gasteiger partial charge in [0.1, 0.15) is 5.82 Å². The van der Waals surface area contributed by atoms with Gasteiger partial charge in [0.15, 0.2) is 11.5 Å². The molecule has 2 heterocycles. The van der Waals surface area contributed by atoms with Gasteiger partial charge in [-0.25, -0.2) is 4.98 Å². The maximum Gasteiger partial charge on any atom is 0.231 e. The lowest BCUT2D eigenvalue weighted by Gasteiger charge is -2.09. The van der Waals surface area contributed by atoms with Crippen molar-refractivity contribution in [2.45, 2.75) is 13.5 Å². The van der Waals surface area contributed by atoms with Crippen molar-refractivity contribution in [3.63, 3.8) is 0 Å². The van der Waals surface area contributed by atoms with E-state index < -0.39 is 0 Å². The molecule has 1 aliphatic rings. The van der Waals surface area contributed by atoms with E-state index in [4.69, 9.17) is 9.47 Å². The third kappa shape index (κ3) is 3.63. The Kier molecular flexibility index (Phi) is 4.08. The van der Waals surface area contributed by atoms with Crippen molar-refractivity contribution in [3.8, 4) is 11.5 Å². The van der Waals surface area contributed by atoms with Gasteiger partial charge in [-0.3, -0.25) is 0 Å². The summed E-state index contributed by atoms with van der Waals surface area (Å²) in [5.74, 6) is 2.76. The number of nitrogens with zero attached hydrogens (tertiary/aromatic N) is 2. The van der Waals surface area contributed by atoms with Gasteiger partial charge in [-0.15, -0.1) is 0 Å². The molecule has 0 fully saturated rings. The third-order valence-corrected chi connectivity index (χ3v) is 3.84. The molecule has 126 valence electrons. The van der Waals surface area contributed by atoms with Crippen molar-refractivity contribution in [1.82, 2.24) is 9.97 Å². The molecular weight excluding hydrogens is 316 g/mol. The predicted molar refractivity (Wildman–Crippen MR) is 96.4 cm³/mol. The second kappa shape index (κ2) is 6.68. The highest BCUT2D eigenvalue weighted by Gasteiger charge is 2.13. The number of aryl methyl sites for hydroxylation is 1. The first kappa shape index (κ1) is 15.3. The number of ether oxygens (including phenoxy) is 2. The van der Waals surface area contributed by atoms with Crippen LogP contribution in [-0.2, 0) is 6.54 Å². The van der Waals surface area contributed by atoms with Crippen molar-refractivity contribution in [1.29, 1.82) is 0 Å². The number of anilines is 3. The van der Waals surface area contributed by atoms with E-state index in [0.717, 1.165) is 23.0 Å². The fraction of sp³-hybridized carbons (Fsp3) is 0.158. The fourth-order valence-corrected chi connectivity index (χ4v) is 2.64. The monoisotopic (exact) mass is 334 g/mol. The molecule has 6 nitrogen and oxygen atoms in total. The molecule has 6 heteroatoms. The quantitative estimate of drug-likeness (QED) is 0.738. The number of nitrogens with one attached hydrogen (secondary N) is 2. The summed E-state index contributed by atoms with van der Waals surface area (Å²) in [7, 11) is 0. The number of hydrogen-bond acceptors (Lipinski definition) is 6. The zero-order valence-electron chi connectivity index (χ0n) is 13.8. The van der Waals surface area contributed by atoms with Gasteiger partial charge in [-0.05, 0) is 30.7 Å². The standard InChI is InChI=1S/C19H18N4O2/c1-13-3-2-4-14(9-13)11-21-18-7-8-20-19(23-18)22-15-5-6-16-17(10-15)25-12-24-16/h2-10H,11-12H2,1H3,(H2,20,21,22,23). The van der Waals surface area contributed by atoms with Crippen LogP contribution in [0, 0.1) is 6.92 Å². The van der Waals surface area contributed by atoms with Crippen molar-refractivity contribution in [2.24, 2.45) is 0 Å². The molecule has 0 spiro atoms. The molecule has 0 bridgehead atoms. The van der Waals surface area contributed by atoms with Crippen LogP contribution in [0.2, 0.25) is 0 Å². The van der Waals surface area contributed by atoms with E-state index in [-0.39, 0.29) is 6.79 Å². The Morgan fingerprint density at radius 3 is 2.88 bits per heavy atom. The van der Waals surface area contributed by atoms with Gasteiger partial charge in [-0.1, -0.05) is 29.8 Å². The van der Waals surface area contributed by atoms with Crippen LogP contribution in [0.5, 0.6) is 11.5 Å². The topological polar surface area (TPSA) is 68.3 Å². The molecule has 4 rings (SSSR count). The first-order valence-corrected chi connectivity index (χ1v) is 8.05. The van der Waals surface area contributed by atoms with Gasteiger partial charge < -0.3 is 20.1 Å². The van der Waals surface area contributed by atoms with Crippen LogP contribution in [-0.4, -0.2) is 16.8 Å². The maximum absolute atomic E-state index is 5.38. The molecule has 1 aromatic heterocycles. The van der Waals surface area contributed by atoms with Crippen molar-refractivity contribution in [3.05, 3.63) is 65.9 Å². The molecule has 3 aromatic rings. The van der Waals surface area contributed by atoms with Gasteiger partial charge in [0.25, 0.3) is 0 Å². The number of rotatable bonds is 5. The number of fused-ring (bicyclic) bond motifs is 1. The number of hydrogen-bond donors (Lipinski definition) is 2. The van der Waals surface area contributed by atoms with Gasteiger partial charge in [0.2, 0.25) is 12.7 Å². The Bertz CT molecular complexity index is 898. The Morgan fingerprint density at radius 2 is 1.96 bits per heavy atom. The first-order chi connectivity index (χ1) is 12.3. The Balaban J connectivity index is 1.44. The Morgan fingerprint density at radius 1 is 1.04 bits per heavy atom. The molecule has 0 radical (unpaired) electrons. The summed E-state index contributed by atoms with van der Waals surface area (Å²) < 4.78 is 10.7. The summed E-state index contributed by atoms with van der Waals surface area (Å²) >= 11 is 0. The summed E-state index contributed by atoms with van der Waals surface area (Å²) in [6.45, 7) is 3.05. The molecule has 0 saturated carbocycles. The smallest absolute Gasteiger partial charge is 0.231 e. The molecule has 25 heavy (non-hydrogen) atoms. The number of aromatic nitrogens is 2. The molecule has 2 N–H and O–H groups in total. The second-order valence-corrected chi connectivity index (χ2v) is 5.80. The van der Waals surface area contributed by atoms with Gasteiger partial charge >= 0.3 is 0 Å². The lowest BCUT2D eigenvalue weighted by Crippen LogP contribution is -2.04. The van der Waals surface area contributed by atoms with E-state index in [9.17, 15) is 0 Å². The van der Waals surface area contributed by atoms with Crippen LogP contribution >= 0.6 is 0 Å². The van der Waals surface area contributed by atoms with Crippen LogP contribution in [0.25, 0.3) is 0 Å². The molecule has 2 aromatic carbocycles. The summed E-state index contributed by atoms with van der Waals surface area (Å²) in [5.41, 5.74) is 3.30. The van der Waals surface area contributed by atoms with Crippen molar-refractivity contribution in [2.75, 3.05) is 17.4 Å². The molecular formula is C19H18N4O2. The third-order valence-electron chi connectivity index (χ3n) is 3.84. The van der Waals surface area contributed by atoms with Gasteiger partial charge in [-0.2, -0.15) is 4.98 Å². The van der Waals surface area contributed by atoms with Gasteiger partial charge in [0.05, 0.1) is 0 Å². The summed E-state index contributed by atoms with van der Waals surface area (Å²) in [5, 5.41) is 6.50. The highest BCUT2D eigenvalue weighted by Crippen LogP contribution is 2.34. The Labute approximate surface area is 145 Å². The van der Waals surface area contributed by atoms with Crippen LogP contribution < -0.4 is 20.1 Å². The average Bonchev–Trinajstić information content (AvgIpc) is 3.08.